The summed E-state index contributed by atoms with van der Waals surface area (Å²) in [6.07, 6.45) is 5.44. The number of aliphatic hydroxyl groups excluding tert-OH is 1. The number of nitrogens with zero attached hydrogens (tertiary/aromatic N) is 3. The van der Waals surface area contributed by atoms with Crippen molar-refractivity contribution in [3.8, 4) is 0 Å². The molecule has 1 unspecified atom stereocenters. The summed E-state index contributed by atoms with van der Waals surface area (Å²) in [6.45, 7) is 4.35. The van der Waals surface area contributed by atoms with E-state index in [1.807, 2.05) is 18.3 Å². The first-order valence-corrected chi connectivity index (χ1v) is 6.86. The summed E-state index contributed by atoms with van der Waals surface area (Å²) in [5.74, 6) is 1.04. The number of aromatic nitrogens is 1. The molecule has 0 bridgehead atoms. The number of aliphatic hydroxyl groups is 1. The molecule has 0 saturated carbocycles. The lowest BCUT2D eigenvalue weighted by molar-refractivity contribution is -0.00880. The molecule has 18 heavy (non-hydrogen) atoms. The molecule has 3 rings (SSSR count). The van der Waals surface area contributed by atoms with Crippen molar-refractivity contribution < 1.29 is 5.11 Å². The second kappa shape index (κ2) is 4.86. The maximum Gasteiger partial charge on any atom is 0.128 e. The fourth-order valence-electron chi connectivity index (χ4n) is 3.32. The van der Waals surface area contributed by atoms with Gasteiger partial charge in [0, 0.05) is 25.8 Å². The third-order valence-electron chi connectivity index (χ3n) is 4.38. The van der Waals surface area contributed by atoms with E-state index < -0.39 is 0 Å². The Kier molecular flexibility index (Phi) is 3.22. The molecule has 2 fully saturated rings. The van der Waals surface area contributed by atoms with Gasteiger partial charge in [0.2, 0.25) is 0 Å². The summed E-state index contributed by atoms with van der Waals surface area (Å²) < 4.78 is 0. The van der Waals surface area contributed by atoms with Crippen molar-refractivity contribution in [2.45, 2.75) is 24.8 Å². The number of pyridine rings is 1. The standard InChI is InChI=1S/C14H21N3O/c18-12-14-6-2-4-8-17(14)10-9-16(11-14)13-5-1-3-7-15-13/h1,3,5,7,18H,2,4,6,8-12H2. The van der Waals surface area contributed by atoms with Gasteiger partial charge in [0.15, 0.2) is 0 Å². The molecule has 4 heteroatoms. The molecule has 1 aromatic rings. The quantitative estimate of drug-likeness (QED) is 0.850. The zero-order valence-corrected chi connectivity index (χ0v) is 10.8. The van der Waals surface area contributed by atoms with Crippen molar-refractivity contribution in [3.05, 3.63) is 24.4 Å². The molecule has 0 aliphatic carbocycles. The summed E-state index contributed by atoms with van der Waals surface area (Å²) in [7, 11) is 0. The van der Waals surface area contributed by atoms with Crippen LogP contribution in [0.3, 0.4) is 0 Å². The molecule has 1 atom stereocenters. The molecule has 2 aliphatic rings. The monoisotopic (exact) mass is 247 g/mol. The van der Waals surface area contributed by atoms with Crippen LogP contribution in [0.15, 0.2) is 24.4 Å². The Morgan fingerprint density at radius 2 is 2.17 bits per heavy atom. The van der Waals surface area contributed by atoms with Gasteiger partial charge >= 0.3 is 0 Å². The van der Waals surface area contributed by atoms with Crippen LogP contribution in [0.25, 0.3) is 0 Å². The van der Waals surface area contributed by atoms with Gasteiger partial charge in [-0.3, -0.25) is 4.90 Å². The first-order valence-electron chi connectivity index (χ1n) is 6.86. The lowest BCUT2D eigenvalue weighted by Gasteiger charge is -2.52. The van der Waals surface area contributed by atoms with Crippen LogP contribution in [-0.4, -0.2) is 53.3 Å². The number of hydrogen-bond donors (Lipinski definition) is 1. The number of piperidine rings is 1. The molecule has 0 radical (unpaired) electrons. The SMILES string of the molecule is OCC12CCCCN1CCN(c1ccccn1)C2. The van der Waals surface area contributed by atoms with Crippen LogP contribution in [0.5, 0.6) is 0 Å². The first kappa shape index (κ1) is 11.9. The molecule has 3 heterocycles. The van der Waals surface area contributed by atoms with Gasteiger partial charge in [-0.05, 0) is 31.5 Å². The highest BCUT2D eigenvalue weighted by molar-refractivity contribution is 5.39. The average molecular weight is 247 g/mol. The zero-order valence-electron chi connectivity index (χ0n) is 10.8. The van der Waals surface area contributed by atoms with Crippen molar-refractivity contribution in [2.24, 2.45) is 0 Å². The summed E-state index contributed by atoms with van der Waals surface area (Å²) in [5, 5.41) is 9.85. The maximum absolute atomic E-state index is 9.85. The summed E-state index contributed by atoms with van der Waals surface area (Å²) in [4.78, 5) is 9.23. The fraction of sp³-hybridized carbons (Fsp3) is 0.643. The van der Waals surface area contributed by atoms with E-state index in [0.717, 1.165) is 38.4 Å². The van der Waals surface area contributed by atoms with E-state index in [0.29, 0.717) is 0 Å². The van der Waals surface area contributed by atoms with Crippen molar-refractivity contribution in [1.29, 1.82) is 0 Å². The van der Waals surface area contributed by atoms with Crippen molar-refractivity contribution in [3.63, 3.8) is 0 Å². The molecule has 4 nitrogen and oxygen atoms in total. The van der Waals surface area contributed by atoms with Crippen molar-refractivity contribution in [1.82, 2.24) is 9.88 Å². The van der Waals surface area contributed by atoms with Crippen LogP contribution in [0.2, 0.25) is 0 Å². The van der Waals surface area contributed by atoms with Crippen LogP contribution >= 0.6 is 0 Å². The average Bonchev–Trinajstić information content (AvgIpc) is 2.47. The van der Waals surface area contributed by atoms with Gasteiger partial charge in [-0.1, -0.05) is 12.5 Å². The molecule has 2 saturated heterocycles. The lowest BCUT2D eigenvalue weighted by atomic mass is 9.85. The Hall–Kier alpha value is -1.13. The smallest absolute Gasteiger partial charge is 0.128 e. The van der Waals surface area contributed by atoms with E-state index in [4.69, 9.17) is 0 Å². The van der Waals surface area contributed by atoms with Crippen LogP contribution in [0, 0.1) is 0 Å². The summed E-state index contributed by atoms with van der Waals surface area (Å²) >= 11 is 0. The normalized spacial score (nSPS) is 29.1. The number of rotatable bonds is 2. The first-order chi connectivity index (χ1) is 8.84. The zero-order chi connectivity index (χ0) is 12.4. The number of fused-ring (bicyclic) bond motifs is 1. The fourth-order valence-corrected chi connectivity index (χ4v) is 3.32. The van der Waals surface area contributed by atoms with Gasteiger partial charge in [-0.25, -0.2) is 4.98 Å². The highest BCUT2D eigenvalue weighted by Crippen LogP contribution is 2.32. The van der Waals surface area contributed by atoms with E-state index in [2.05, 4.69) is 20.9 Å². The minimum absolute atomic E-state index is 0.0337. The largest absolute Gasteiger partial charge is 0.394 e. The van der Waals surface area contributed by atoms with Gasteiger partial charge in [-0.2, -0.15) is 0 Å². The molecule has 0 aromatic carbocycles. The maximum atomic E-state index is 9.85. The Morgan fingerprint density at radius 1 is 1.22 bits per heavy atom. The highest BCUT2D eigenvalue weighted by Gasteiger charge is 2.42. The number of hydrogen-bond acceptors (Lipinski definition) is 4. The second-order valence-electron chi connectivity index (χ2n) is 5.44. The molecular weight excluding hydrogens is 226 g/mol. The van der Waals surface area contributed by atoms with E-state index >= 15 is 0 Å². The third-order valence-corrected chi connectivity index (χ3v) is 4.38. The predicted octanol–water partition coefficient (Wildman–Crippen LogP) is 1.12. The number of anilines is 1. The topological polar surface area (TPSA) is 39.6 Å². The van der Waals surface area contributed by atoms with Crippen molar-refractivity contribution >= 4 is 5.82 Å². The van der Waals surface area contributed by atoms with Gasteiger partial charge in [0.05, 0.1) is 12.1 Å². The van der Waals surface area contributed by atoms with Gasteiger partial charge < -0.3 is 10.0 Å². The van der Waals surface area contributed by atoms with E-state index in [1.54, 1.807) is 0 Å². The molecule has 2 aliphatic heterocycles. The third kappa shape index (κ3) is 1.99. The van der Waals surface area contributed by atoms with Crippen LogP contribution in [0.1, 0.15) is 19.3 Å². The van der Waals surface area contributed by atoms with Gasteiger partial charge in [-0.15, -0.1) is 0 Å². The molecule has 98 valence electrons. The summed E-state index contributed by atoms with van der Waals surface area (Å²) in [6, 6.07) is 6.03. The molecule has 0 spiro atoms. The van der Waals surface area contributed by atoms with E-state index in [9.17, 15) is 5.11 Å². The minimum Gasteiger partial charge on any atom is -0.394 e. The van der Waals surface area contributed by atoms with Crippen molar-refractivity contribution in [2.75, 3.05) is 37.7 Å². The molecule has 1 aromatic heterocycles. The Bertz CT molecular complexity index is 397. The minimum atomic E-state index is -0.0337. The lowest BCUT2D eigenvalue weighted by Crippen LogP contribution is -2.66. The molecule has 1 N–H and O–H groups in total. The Morgan fingerprint density at radius 3 is 2.94 bits per heavy atom. The molecule has 0 amide bonds. The number of piperazine rings is 1. The van der Waals surface area contributed by atoms with Crippen LogP contribution in [0.4, 0.5) is 5.82 Å². The second-order valence-corrected chi connectivity index (χ2v) is 5.44. The highest BCUT2D eigenvalue weighted by atomic mass is 16.3. The van der Waals surface area contributed by atoms with Crippen LogP contribution < -0.4 is 4.90 Å². The Balaban J connectivity index is 1.81. The summed E-state index contributed by atoms with van der Waals surface area (Å²) in [5.41, 5.74) is -0.0337. The Labute approximate surface area is 108 Å². The van der Waals surface area contributed by atoms with Gasteiger partial charge in [0.25, 0.3) is 0 Å². The van der Waals surface area contributed by atoms with Gasteiger partial charge in [0.1, 0.15) is 5.82 Å². The predicted molar refractivity (Wildman–Crippen MR) is 71.7 cm³/mol. The molecular formula is C14H21N3O. The van der Waals surface area contributed by atoms with E-state index in [1.165, 1.54) is 12.8 Å². The van der Waals surface area contributed by atoms with Crippen LogP contribution in [-0.2, 0) is 0 Å². The van der Waals surface area contributed by atoms with E-state index in [-0.39, 0.29) is 12.1 Å².